The topological polar surface area (TPSA) is 67.4 Å². The van der Waals surface area contributed by atoms with Crippen LogP contribution in [0.1, 0.15) is 33.7 Å². The summed E-state index contributed by atoms with van der Waals surface area (Å²) in [4.78, 5) is 26.9. The van der Waals surface area contributed by atoms with Gasteiger partial charge in [0.25, 0.3) is 5.91 Å². The molecule has 4 rings (SSSR count). The van der Waals surface area contributed by atoms with Crippen LogP contribution in [0.25, 0.3) is 0 Å². The number of benzene rings is 4. The number of carbonyl (C=O) groups is 2. The first kappa shape index (κ1) is 25.1. The lowest BCUT2D eigenvalue weighted by Gasteiger charge is -2.18. The molecule has 0 fully saturated rings. The second-order valence-corrected chi connectivity index (χ2v) is 9.33. The summed E-state index contributed by atoms with van der Waals surface area (Å²) in [7, 11) is 0. The standard InChI is InChI=1S/C30H28N2O3S/c1-3-35-25-17-13-23(14-18-25)32-30(34)28(22-10-5-4-6-11-22)36-26-19-15-24(16-20-26)31-29(33)27-12-8-7-9-21(27)2/h4-20,28H,3H2,1-2H3,(H,31,33)(H,32,34). The fourth-order valence-corrected chi connectivity index (χ4v) is 4.71. The lowest BCUT2D eigenvalue weighted by molar-refractivity contribution is -0.115. The van der Waals surface area contributed by atoms with Crippen molar-refractivity contribution in [3.05, 3.63) is 120 Å². The highest BCUT2D eigenvalue weighted by atomic mass is 32.2. The maximum Gasteiger partial charge on any atom is 0.255 e. The van der Waals surface area contributed by atoms with Gasteiger partial charge < -0.3 is 15.4 Å². The quantitative estimate of drug-likeness (QED) is 0.242. The molecular weight excluding hydrogens is 468 g/mol. The van der Waals surface area contributed by atoms with E-state index in [4.69, 9.17) is 4.74 Å². The van der Waals surface area contributed by atoms with Gasteiger partial charge in [0, 0.05) is 21.8 Å². The second-order valence-electron chi connectivity index (χ2n) is 8.15. The molecule has 36 heavy (non-hydrogen) atoms. The Bertz CT molecular complexity index is 1310. The summed E-state index contributed by atoms with van der Waals surface area (Å²) in [6, 6.07) is 32.1. The Balaban J connectivity index is 1.47. The van der Waals surface area contributed by atoms with E-state index in [9.17, 15) is 9.59 Å². The molecule has 0 radical (unpaired) electrons. The van der Waals surface area contributed by atoms with E-state index in [1.165, 1.54) is 11.8 Å². The molecule has 4 aromatic carbocycles. The van der Waals surface area contributed by atoms with E-state index in [1.807, 2.05) is 117 Å². The minimum atomic E-state index is -0.454. The lowest BCUT2D eigenvalue weighted by atomic mass is 10.1. The number of carbonyl (C=O) groups excluding carboxylic acids is 2. The van der Waals surface area contributed by atoms with Gasteiger partial charge in [0.2, 0.25) is 5.91 Å². The minimum absolute atomic E-state index is 0.118. The Labute approximate surface area is 215 Å². The van der Waals surface area contributed by atoms with Gasteiger partial charge in [0.15, 0.2) is 0 Å². The third-order valence-corrected chi connectivity index (χ3v) is 6.80. The van der Waals surface area contributed by atoms with E-state index in [-0.39, 0.29) is 11.8 Å². The summed E-state index contributed by atoms with van der Waals surface area (Å²) >= 11 is 1.46. The highest BCUT2D eigenvalue weighted by Crippen LogP contribution is 2.37. The number of anilines is 2. The van der Waals surface area contributed by atoms with Crippen molar-refractivity contribution < 1.29 is 14.3 Å². The predicted octanol–water partition coefficient (Wildman–Crippen LogP) is 7.12. The number of hydrogen-bond donors (Lipinski definition) is 2. The smallest absolute Gasteiger partial charge is 0.255 e. The molecule has 0 aliphatic rings. The van der Waals surface area contributed by atoms with Crippen molar-refractivity contribution in [2.24, 2.45) is 0 Å². The summed E-state index contributed by atoms with van der Waals surface area (Å²) in [6.45, 7) is 4.44. The Morgan fingerprint density at radius 1 is 0.778 bits per heavy atom. The van der Waals surface area contributed by atoms with Gasteiger partial charge in [-0.15, -0.1) is 11.8 Å². The van der Waals surface area contributed by atoms with E-state index >= 15 is 0 Å². The van der Waals surface area contributed by atoms with E-state index in [2.05, 4.69) is 10.6 Å². The molecule has 2 N–H and O–H groups in total. The third kappa shape index (κ3) is 6.55. The molecule has 4 aromatic rings. The molecular formula is C30H28N2O3S. The van der Waals surface area contributed by atoms with Gasteiger partial charge in [-0.25, -0.2) is 0 Å². The zero-order valence-electron chi connectivity index (χ0n) is 20.2. The molecule has 0 aromatic heterocycles. The van der Waals surface area contributed by atoms with Crippen LogP contribution in [0.4, 0.5) is 11.4 Å². The molecule has 0 aliphatic heterocycles. The van der Waals surface area contributed by atoms with Gasteiger partial charge in [-0.2, -0.15) is 0 Å². The number of amides is 2. The second kappa shape index (κ2) is 12.1. The molecule has 182 valence electrons. The van der Waals surface area contributed by atoms with Crippen LogP contribution in [0.5, 0.6) is 5.75 Å². The average Bonchev–Trinajstić information content (AvgIpc) is 2.90. The van der Waals surface area contributed by atoms with Crippen molar-refractivity contribution in [2.45, 2.75) is 24.0 Å². The lowest BCUT2D eigenvalue weighted by Crippen LogP contribution is -2.19. The van der Waals surface area contributed by atoms with Gasteiger partial charge in [-0.05, 0) is 79.6 Å². The SMILES string of the molecule is CCOc1ccc(NC(=O)C(Sc2ccc(NC(=O)c3ccccc3C)cc2)c2ccccc2)cc1. The Hall–Kier alpha value is -4.03. The van der Waals surface area contributed by atoms with Crippen LogP contribution in [-0.4, -0.2) is 18.4 Å². The first-order valence-corrected chi connectivity index (χ1v) is 12.6. The van der Waals surface area contributed by atoms with Crippen LogP contribution in [-0.2, 0) is 4.79 Å². The highest BCUT2D eigenvalue weighted by Gasteiger charge is 2.22. The maximum atomic E-state index is 13.3. The fourth-order valence-electron chi connectivity index (χ4n) is 3.69. The molecule has 1 atom stereocenters. The van der Waals surface area contributed by atoms with Gasteiger partial charge >= 0.3 is 0 Å². The summed E-state index contributed by atoms with van der Waals surface area (Å²) in [6.07, 6.45) is 0. The van der Waals surface area contributed by atoms with E-state index in [0.29, 0.717) is 23.5 Å². The zero-order chi connectivity index (χ0) is 25.3. The number of hydrogen-bond acceptors (Lipinski definition) is 4. The van der Waals surface area contributed by atoms with E-state index in [0.717, 1.165) is 21.8 Å². The minimum Gasteiger partial charge on any atom is -0.494 e. The maximum absolute atomic E-state index is 13.3. The summed E-state index contributed by atoms with van der Waals surface area (Å²) < 4.78 is 5.48. The monoisotopic (exact) mass is 496 g/mol. The average molecular weight is 497 g/mol. The molecule has 0 spiro atoms. The largest absolute Gasteiger partial charge is 0.494 e. The van der Waals surface area contributed by atoms with Crippen molar-refractivity contribution in [3.8, 4) is 5.75 Å². The molecule has 5 nitrogen and oxygen atoms in total. The highest BCUT2D eigenvalue weighted by molar-refractivity contribution is 8.00. The first-order valence-electron chi connectivity index (χ1n) is 11.8. The summed E-state index contributed by atoms with van der Waals surface area (Å²) in [5, 5.41) is 5.51. The molecule has 0 saturated heterocycles. The number of nitrogens with one attached hydrogen (secondary N) is 2. The molecule has 6 heteroatoms. The number of ether oxygens (including phenoxy) is 1. The molecule has 0 aliphatic carbocycles. The van der Waals surface area contributed by atoms with Crippen LogP contribution in [0.3, 0.4) is 0 Å². The van der Waals surface area contributed by atoms with Gasteiger partial charge in [0.05, 0.1) is 6.61 Å². The van der Waals surface area contributed by atoms with Crippen LogP contribution in [0, 0.1) is 6.92 Å². The van der Waals surface area contributed by atoms with E-state index in [1.54, 1.807) is 0 Å². The molecule has 2 amide bonds. The zero-order valence-corrected chi connectivity index (χ0v) is 21.0. The van der Waals surface area contributed by atoms with Crippen LogP contribution >= 0.6 is 11.8 Å². The third-order valence-electron chi connectivity index (χ3n) is 5.53. The van der Waals surface area contributed by atoms with Crippen molar-refractivity contribution in [1.29, 1.82) is 0 Å². The summed E-state index contributed by atoms with van der Waals surface area (Å²) in [5.74, 6) is 0.497. The van der Waals surface area contributed by atoms with Crippen LogP contribution in [0.2, 0.25) is 0 Å². The predicted molar refractivity (Wildman–Crippen MR) is 147 cm³/mol. The van der Waals surface area contributed by atoms with Gasteiger partial charge in [-0.1, -0.05) is 48.5 Å². The van der Waals surface area contributed by atoms with Crippen molar-refractivity contribution in [3.63, 3.8) is 0 Å². The van der Waals surface area contributed by atoms with Gasteiger partial charge in [0.1, 0.15) is 11.0 Å². The Morgan fingerprint density at radius 3 is 2.06 bits per heavy atom. The van der Waals surface area contributed by atoms with E-state index < -0.39 is 5.25 Å². The number of rotatable bonds is 9. The first-order chi connectivity index (χ1) is 17.5. The summed E-state index contributed by atoms with van der Waals surface area (Å²) in [5.41, 5.74) is 3.88. The van der Waals surface area contributed by atoms with Crippen molar-refractivity contribution >= 4 is 35.0 Å². The van der Waals surface area contributed by atoms with Crippen molar-refractivity contribution in [2.75, 3.05) is 17.2 Å². The fraction of sp³-hybridized carbons (Fsp3) is 0.133. The molecule has 0 saturated carbocycles. The molecule has 0 heterocycles. The molecule has 0 bridgehead atoms. The number of thioether (sulfide) groups is 1. The number of aryl methyl sites for hydroxylation is 1. The Morgan fingerprint density at radius 2 is 1.39 bits per heavy atom. The normalized spacial score (nSPS) is 11.4. The van der Waals surface area contributed by atoms with Gasteiger partial charge in [-0.3, -0.25) is 9.59 Å². The van der Waals surface area contributed by atoms with Crippen LogP contribution < -0.4 is 15.4 Å². The van der Waals surface area contributed by atoms with Crippen LogP contribution in [0.15, 0.2) is 108 Å². The molecule has 1 unspecified atom stereocenters. The van der Waals surface area contributed by atoms with Crippen molar-refractivity contribution in [1.82, 2.24) is 0 Å². The Kier molecular flexibility index (Phi) is 8.42.